The Kier molecular flexibility index (Phi) is 3.65. The lowest BCUT2D eigenvalue weighted by Gasteiger charge is -2.05. The number of imidazole rings is 1. The maximum Gasteiger partial charge on any atom is 0.151 e. The molecule has 0 atom stereocenters. The van der Waals surface area contributed by atoms with Gasteiger partial charge in [0.05, 0.1) is 23.5 Å². The van der Waals surface area contributed by atoms with Crippen LogP contribution < -0.4 is 4.74 Å². The second-order valence-corrected chi connectivity index (χ2v) is 6.39. The summed E-state index contributed by atoms with van der Waals surface area (Å²) in [5, 5.41) is 4.75. The Bertz CT molecular complexity index is 1000. The van der Waals surface area contributed by atoms with Crippen molar-refractivity contribution in [2.45, 2.75) is 0 Å². The third kappa shape index (κ3) is 2.32. The van der Waals surface area contributed by atoms with E-state index in [1.165, 1.54) is 0 Å². The van der Waals surface area contributed by atoms with Gasteiger partial charge in [-0.05, 0) is 40.2 Å². The van der Waals surface area contributed by atoms with Crippen molar-refractivity contribution in [3.8, 4) is 28.3 Å². The highest BCUT2D eigenvalue weighted by Crippen LogP contribution is 2.34. The Labute approximate surface area is 148 Å². The Morgan fingerprint density at radius 2 is 1.67 bits per heavy atom. The first-order valence-electron chi connectivity index (χ1n) is 7.62. The Morgan fingerprint density at radius 1 is 0.958 bits per heavy atom. The predicted molar refractivity (Wildman–Crippen MR) is 99.3 cm³/mol. The van der Waals surface area contributed by atoms with E-state index in [0.29, 0.717) is 0 Å². The second-order valence-electron chi connectivity index (χ2n) is 5.60. The number of benzene rings is 2. The van der Waals surface area contributed by atoms with Crippen LogP contribution >= 0.6 is 15.9 Å². The van der Waals surface area contributed by atoms with E-state index in [1.54, 1.807) is 7.11 Å². The number of aryl methyl sites for hydroxylation is 1. The van der Waals surface area contributed by atoms with Gasteiger partial charge in [0.15, 0.2) is 5.65 Å². The van der Waals surface area contributed by atoms with E-state index in [-0.39, 0.29) is 0 Å². The van der Waals surface area contributed by atoms with Crippen molar-refractivity contribution < 1.29 is 4.74 Å². The normalized spacial score (nSPS) is 11.1. The fraction of sp³-hybridized carbons (Fsp3) is 0.105. The van der Waals surface area contributed by atoms with Crippen molar-refractivity contribution in [1.29, 1.82) is 0 Å². The summed E-state index contributed by atoms with van der Waals surface area (Å²) in [7, 11) is 3.73. The lowest BCUT2D eigenvalue weighted by Crippen LogP contribution is -1.92. The molecule has 0 aliphatic carbocycles. The molecule has 0 saturated carbocycles. The van der Waals surface area contributed by atoms with Gasteiger partial charge in [0.2, 0.25) is 0 Å². The molecule has 0 fully saturated rings. The highest BCUT2D eigenvalue weighted by molar-refractivity contribution is 9.10. The molecule has 0 aliphatic rings. The van der Waals surface area contributed by atoms with Crippen molar-refractivity contribution in [1.82, 2.24) is 14.2 Å². The molecule has 0 N–H and O–H groups in total. The fourth-order valence-corrected chi connectivity index (χ4v) is 3.68. The minimum absolute atomic E-state index is 0.852. The van der Waals surface area contributed by atoms with E-state index in [4.69, 9.17) is 9.84 Å². The van der Waals surface area contributed by atoms with Crippen LogP contribution in [0.2, 0.25) is 0 Å². The van der Waals surface area contributed by atoms with Gasteiger partial charge in [0, 0.05) is 18.2 Å². The van der Waals surface area contributed by atoms with Gasteiger partial charge in [0.25, 0.3) is 0 Å². The molecule has 0 amide bonds. The lowest BCUT2D eigenvalue weighted by molar-refractivity contribution is 0.415. The number of methoxy groups -OCH3 is 1. The standard InChI is InChI=1S/C19H16BrN3O/c1-22-16(13-8-10-15(24-2)11-9-13)12-23-19(22)17(20)18(21-23)14-6-4-3-5-7-14/h3-12H,1-2H3. The summed E-state index contributed by atoms with van der Waals surface area (Å²) in [5.41, 5.74) is 5.29. The van der Waals surface area contributed by atoms with E-state index in [2.05, 4.69) is 51.8 Å². The zero-order valence-corrected chi connectivity index (χ0v) is 15.0. The number of hydrogen-bond acceptors (Lipinski definition) is 2. The maximum absolute atomic E-state index is 5.23. The number of ether oxygens (including phenoxy) is 1. The minimum Gasteiger partial charge on any atom is -0.497 e. The molecule has 5 heteroatoms. The summed E-state index contributed by atoms with van der Waals surface area (Å²) in [6, 6.07) is 18.2. The minimum atomic E-state index is 0.852. The van der Waals surface area contributed by atoms with Gasteiger partial charge >= 0.3 is 0 Å². The number of rotatable bonds is 3. The highest BCUT2D eigenvalue weighted by Gasteiger charge is 2.17. The van der Waals surface area contributed by atoms with Crippen LogP contribution in [0.1, 0.15) is 0 Å². The highest BCUT2D eigenvalue weighted by atomic mass is 79.9. The first-order valence-corrected chi connectivity index (χ1v) is 8.41. The van der Waals surface area contributed by atoms with Crippen molar-refractivity contribution >= 4 is 21.6 Å². The number of halogens is 1. The van der Waals surface area contributed by atoms with Crippen LogP contribution in [0.3, 0.4) is 0 Å². The summed E-state index contributed by atoms with van der Waals surface area (Å²) < 4.78 is 10.3. The van der Waals surface area contributed by atoms with Gasteiger partial charge in [-0.25, -0.2) is 4.52 Å². The number of fused-ring (bicyclic) bond motifs is 1. The fourth-order valence-electron chi connectivity index (χ4n) is 2.92. The lowest BCUT2D eigenvalue weighted by atomic mass is 10.1. The van der Waals surface area contributed by atoms with Gasteiger partial charge in [-0.15, -0.1) is 0 Å². The van der Waals surface area contributed by atoms with Crippen LogP contribution in [0.25, 0.3) is 28.2 Å². The van der Waals surface area contributed by atoms with Gasteiger partial charge in [-0.1, -0.05) is 30.3 Å². The van der Waals surface area contributed by atoms with Gasteiger partial charge in [0.1, 0.15) is 11.4 Å². The molecule has 0 aliphatic heterocycles. The Hall–Kier alpha value is -2.53. The van der Waals surface area contributed by atoms with Crippen LogP contribution in [-0.2, 0) is 7.05 Å². The number of hydrogen-bond donors (Lipinski definition) is 0. The van der Waals surface area contributed by atoms with Crippen LogP contribution in [0.5, 0.6) is 5.75 Å². The first-order chi connectivity index (χ1) is 11.7. The van der Waals surface area contributed by atoms with Crippen molar-refractivity contribution in [3.05, 3.63) is 65.3 Å². The molecule has 4 aromatic rings. The van der Waals surface area contributed by atoms with Crippen molar-refractivity contribution in [2.75, 3.05) is 7.11 Å². The Morgan fingerprint density at radius 3 is 2.29 bits per heavy atom. The second kappa shape index (κ2) is 5.83. The van der Waals surface area contributed by atoms with E-state index >= 15 is 0 Å². The van der Waals surface area contributed by atoms with Crippen molar-refractivity contribution in [3.63, 3.8) is 0 Å². The van der Waals surface area contributed by atoms with E-state index < -0.39 is 0 Å². The van der Waals surface area contributed by atoms with E-state index in [0.717, 1.165) is 38.4 Å². The molecule has 2 aromatic heterocycles. The van der Waals surface area contributed by atoms with Gasteiger partial charge in [-0.2, -0.15) is 5.10 Å². The summed E-state index contributed by atoms with van der Waals surface area (Å²) in [6.45, 7) is 0. The molecule has 4 nitrogen and oxygen atoms in total. The quantitative estimate of drug-likeness (QED) is 0.511. The molecule has 120 valence electrons. The maximum atomic E-state index is 5.23. The molecule has 2 aromatic carbocycles. The largest absolute Gasteiger partial charge is 0.497 e. The molecule has 0 spiro atoms. The average molecular weight is 382 g/mol. The van der Waals surface area contributed by atoms with E-state index in [1.807, 2.05) is 41.0 Å². The smallest absolute Gasteiger partial charge is 0.151 e. The van der Waals surface area contributed by atoms with Crippen LogP contribution in [0.4, 0.5) is 0 Å². The molecule has 2 heterocycles. The zero-order chi connectivity index (χ0) is 16.7. The molecular formula is C19H16BrN3O. The van der Waals surface area contributed by atoms with E-state index in [9.17, 15) is 0 Å². The average Bonchev–Trinajstić information content (AvgIpc) is 3.13. The van der Waals surface area contributed by atoms with Crippen LogP contribution in [0.15, 0.2) is 65.3 Å². The van der Waals surface area contributed by atoms with Gasteiger partial charge in [-0.3, -0.25) is 0 Å². The summed E-state index contributed by atoms with van der Waals surface area (Å²) in [6.07, 6.45) is 2.05. The summed E-state index contributed by atoms with van der Waals surface area (Å²) >= 11 is 3.72. The molecule has 4 rings (SSSR count). The topological polar surface area (TPSA) is 31.5 Å². The SMILES string of the molecule is COc1ccc(-c2cn3nc(-c4ccccc4)c(Br)c3n2C)cc1. The van der Waals surface area contributed by atoms with Crippen LogP contribution in [0, 0.1) is 0 Å². The van der Waals surface area contributed by atoms with Crippen LogP contribution in [-0.4, -0.2) is 21.3 Å². The predicted octanol–water partition coefficient (Wildman–Crippen LogP) is 4.78. The first kappa shape index (κ1) is 15.0. The molecule has 0 radical (unpaired) electrons. The molecule has 0 bridgehead atoms. The number of nitrogens with zero attached hydrogens (tertiary/aromatic N) is 3. The third-order valence-electron chi connectivity index (χ3n) is 4.19. The molecule has 0 unspecified atom stereocenters. The summed E-state index contributed by atoms with van der Waals surface area (Å²) in [4.78, 5) is 0. The zero-order valence-electron chi connectivity index (χ0n) is 13.4. The Balaban J connectivity index is 1.84. The molecule has 0 saturated heterocycles. The monoisotopic (exact) mass is 381 g/mol. The third-order valence-corrected chi connectivity index (χ3v) is 4.92. The summed E-state index contributed by atoms with van der Waals surface area (Å²) in [5.74, 6) is 0.852. The van der Waals surface area contributed by atoms with Gasteiger partial charge < -0.3 is 9.30 Å². The van der Waals surface area contributed by atoms with Crippen molar-refractivity contribution in [2.24, 2.45) is 7.05 Å². The number of aromatic nitrogens is 3. The molecule has 24 heavy (non-hydrogen) atoms. The molecular weight excluding hydrogens is 366 g/mol.